The number of ether oxygens (including phenoxy) is 1. The van der Waals surface area contributed by atoms with Crippen LogP contribution in [0.4, 0.5) is 0 Å². The summed E-state index contributed by atoms with van der Waals surface area (Å²) >= 11 is 9.37. The highest BCUT2D eigenvalue weighted by atomic mass is 79.9. The van der Waals surface area contributed by atoms with E-state index in [1.165, 1.54) is 5.56 Å². The monoisotopic (exact) mass is 305 g/mol. The molecule has 0 heterocycles. The highest BCUT2D eigenvalue weighted by molar-refractivity contribution is 9.10. The molecule has 0 spiro atoms. The van der Waals surface area contributed by atoms with Crippen LogP contribution in [0.5, 0.6) is 0 Å². The third kappa shape index (κ3) is 5.30. The van der Waals surface area contributed by atoms with Crippen molar-refractivity contribution in [1.29, 1.82) is 0 Å². The summed E-state index contributed by atoms with van der Waals surface area (Å²) in [6.45, 7) is 2.72. The van der Waals surface area contributed by atoms with Crippen LogP contribution in [-0.2, 0) is 11.3 Å². The van der Waals surface area contributed by atoms with Crippen molar-refractivity contribution in [3.63, 3.8) is 0 Å². The molecule has 0 radical (unpaired) electrons. The Morgan fingerprint density at radius 3 is 2.88 bits per heavy atom. The summed E-state index contributed by atoms with van der Waals surface area (Å²) in [4.78, 5) is 0. The van der Waals surface area contributed by atoms with Gasteiger partial charge in [0.25, 0.3) is 0 Å². The molecule has 1 aromatic carbocycles. The van der Waals surface area contributed by atoms with E-state index in [0.717, 1.165) is 42.0 Å². The van der Waals surface area contributed by atoms with Crippen molar-refractivity contribution in [2.75, 3.05) is 20.3 Å². The fraction of sp³-hybridized carbons (Fsp3) is 0.500. The molecule has 2 nitrogen and oxygen atoms in total. The average Bonchev–Trinajstić information content (AvgIpc) is 2.26. The highest BCUT2D eigenvalue weighted by Gasteiger charge is 1.99. The SMILES string of the molecule is COCCCCNCc1ccc(Cl)cc1Br. The summed E-state index contributed by atoms with van der Waals surface area (Å²) in [6.07, 6.45) is 2.24. The smallest absolute Gasteiger partial charge is 0.0462 e. The summed E-state index contributed by atoms with van der Waals surface area (Å²) in [5, 5.41) is 4.15. The maximum Gasteiger partial charge on any atom is 0.0462 e. The number of unbranched alkanes of at least 4 members (excludes halogenated alkanes) is 1. The minimum Gasteiger partial charge on any atom is -0.385 e. The van der Waals surface area contributed by atoms with Crippen LogP contribution in [0.2, 0.25) is 5.02 Å². The second kappa shape index (κ2) is 8.07. The molecule has 0 aliphatic rings. The van der Waals surface area contributed by atoms with Gasteiger partial charge in [-0.1, -0.05) is 33.6 Å². The lowest BCUT2D eigenvalue weighted by atomic mass is 10.2. The fourth-order valence-corrected chi connectivity index (χ4v) is 2.21. The van der Waals surface area contributed by atoms with Crippen molar-refractivity contribution in [3.8, 4) is 0 Å². The molecular weight excluding hydrogens is 289 g/mol. The Kier molecular flexibility index (Phi) is 7.05. The van der Waals surface area contributed by atoms with E-state index in [2.05, 4.69) is 21.2 Å². The predicted octanol–water partition coefficient (Wildman–Crippen LogP) is 3.62. The number of benzene rings is 1. The van der Waals surface area contributed by atoms with E-state index in [4.69, 9.17) is 16.3 Å². The molecular formula is C12H17BrClNO. The molecule has 0 saturated heterocycles. The van der Waals surface area contributed by atoms with E-state index in [1.807, 2.05) is 18.2 Å². The molecule has 1 N–H and O–H groups in total. The molecule has 0 unspecified atom stereocenters. The van der Waals surface area contributed by atoms with Gasteiger partial charge < -0.3 is 10.1 Å². The first-order chi connectivity index (χ1) is 7.74. The van der Waals surface area contributed by atoms with Crippen LogP contribution >= 0.6 is 27.5 Å². The zero-order valence-corrected chi connectivity index (χ0v) is 11.8. The van der Waals surface area contributed by atoms with Gasteiger partial charge in [-0.15, -0.1) is 0 Å². The van der Waals surface area contributed by atoms with Gasteiger partial charge in [0.15, 0.2) is 0 Å². The van der Waals surface area contributed by atoms with Crippen LogP contribution in [0.15, 0.2) is 22.7 Å². The number of halogens is 2. The van der Waals surface area contributed by atoms with Crippen molar-refractivity contribution in [2.24, 2.45) is 0 Å². The van der Waals surface area contributed by atoms with Gasteiger partial charge in [0.1, 0.15) is 0 Å². The molecule has 1 aromatic rings. The largest absolute Gasteiger partial charge is 0.385 e. The average molecular weight is 307 g/mol. The van der Waals surface area contributed by atoms with E-state index < -0.39 is 0 Å². The summed E-state index contributed by atoms with van der Waals surface area (Å²) in [6, 6.07) is 5.87. The van der Waals surface area contributed by atoms with Crippen molar-refractivity contribution >= 4 is 27.5 Å². The number of hydrogen-bond donors (Lipinski definition) is 1. The lowest BCUT2D eigenvalue weighted by Crippen LogP contribution is -2.15. The van der Waals surface area contributed by atoms with Crippen molar-refractivity contribution in [3.05, 3.63) is 33.3 Å². The van der Waals surface area contributed by atoms with Gasteiger partial charge in [0.2, 0.25) is 0 Å². The van der Waals surface area contributed by atoms with E-state index in [1.54, 1.807) is 7.11 Å². The van der Waals surface area contributed by atoms with Crippen molar-refractivity contribution < 1.29 is 4.74 Å². The Hall–Kier alpha value is -0.0900. The number of rotatable bonds is 7. The Bertz CT molecular complexity index is 320. The van der Waals surface area contributed by atoms with E-state index >= 15 is 0 Å². The lowest BCUT2D eigenvalue weighted by Gasteiger charge is -2.07. The minimum atomic E-state index is 0.760. The zero-order chi connectivity index (χ0) is 11.8. The number of methoxy groups -OCH3 is 1. The number of hydrogen-bond acceptors (Lipinski definition) is 2. The molecule has 0 aliphatic carbocycles. The third-order valence-electron chi connectivity index (χ3n) is 2.28. The predicted molar refractivity (Wildman–Crippen MR) is 72.0 cm³/mol. The summed E-state index contributed by atoms with van der Waals surface area (Å²) in [5.41, 5.74) is 1.23. The summed E-state index contributed by atoms with van der Waals surface area (Å²) in [7, 11) is 1.73. The first-order valence-electron chi connectivity index (χ1n) is 5.37. The van der Waals surface area contributed by atoms with Gasteiger partial charge in [-0.25, -0.2) is 0 Å². The Labute approximate surface area is 110 Å². The molecule has 0 aromatic heterocycles. The molecule has 0 fully saturated rings. The zero-order valence-electron chi connectivity index (χ0n) is 9.43. The van der Waals surface area contributed by atoms with Crippen LogP contribution in [0, 0.1) is 0 Å². The van der Waals surface area contributed by atoms with Crippen LogP contribution in [-0.4, -0.2) is 20.3 Å². The standard InChI is InChI=1S/C12H17BrClNO/c1-16-7-3-2-6-15-9-10-4-5-11(14)8-12(10)13/h4-5,8,15H,2-3,6-7,9H2,1H3. The van der Waals surface area contributed by atoms with E-state index in [9.17, 15) is 0 Å². The van der Waals surface area contributed by atoms with Crippen LogP contribution < -0.4 is 5.32 Å². The van der Waals surface area contributed by atoms with Gasteiger partial charge in [-0.05, 0) is 37.1 Å². The summed E-state index contributed by atoms with van der Waals surface area (Å²) in [5.74, 6) is 0. The molecule has 16 heavy (non-hydrogen) atoms. The normalized spacial score (nSPS) is 10.7. The Morgan fingerprint density at radius 2 is 2.19 bits per heavy atom. The first kappa shape index (κ1) is 14.0. The van der Waals surface area contributed by atoms with Gasteiger partial charge in [-0.2, -0.15) is 0 Å². The minimum absolute atomic E-state index is 0.760. The van der Waals surface area contributed by atoms with Crippen LogP contribution in [0.3, 0.4) is 0 Å². The maximum atomic E-state index is 5.87. The lowest BCUT2D eigenvalue weighted by molar-refractivity contribution is 0.192. The second-order valence-electron chi connectivity index (χ2n) is 3.61. The Morgan fingerprint density at radius 1 is 1.38 bits per heavy atom. The highest BCUT2D eigenvalue weighted by Crippen LogP contribution is 2.21. The molecule has 0 saturated carbocycles. The van der Waals surface area contributed by atoms with Crippen LogP contribution in [0.1, 0.15) is 18.4 Å². The quantitative estimate of drug-likeness (QED) is 0.777. The molecule has 0 bridgehead atoms. The van der Waals surface area contributed by atoms with Gasteiger partial charge in [-0.3, -0.25) is 0 Å². The van der Waals surface area contributed by atoms with Crippen molar-refractivity contribution in [1.82, 2.24) is 5.32 Å². The van der Waals surface area contributed by atoms with E-state index in [0.29, 0.717) is 0 Å². The molecule has 4 heteroatoms. The Balaban J connectivity index is 2.21. The maximum absolute atomic E-state index is 5.87. The molecule has 1 rings (SSSR count). The fourth-order valence-electron chi connectivity index (χ4n) is 1.38. The molecule has 0 aliphatic heterocycles. The van der Waals surface area contributed by atoms with Crippen molar-refractivity contribution in [2.45, 2.75) is 19.4 Å². The topological polar surface area (TPSA) is 21.3 Å². The third-order valence-corrected chi connectivity index (χ3v) is 3.26. The van der Waals surface area contributed by atoms with Gasteiger partial charge in [0, 0.05) is 29.8 Å². The number of nitrogens with one attached hydrogen (secondary N) is 1. The molecule has 0 amide bonds. The summed E-state index contributed by atoms with van der Waals surface area (Å²) < 4.78 is 6.05. The molecule has 0 atom stereocenters. The van der Waals surface area contributed by atoms with Gasteiger partial charge >= 0.3 is 0 Å². The van der Waals surface area contributed by atoms with Crippen LogP contribution in [0.25, 0.3) is 0 Å². The van der Waals surface area contributed by atoms with Gasteiger partial charge in [0.05, 0.1) is 0 Å². The second-order valence-corrected chi connectivity index (χ2v) is 4.90. The molecule has 90 valence electrons. The first-order valence-corrected chi connectivity index (χ1v) is 6.54. The van der Waals surface area contributed by atoms with E-state index in [-0.39, 0.29) is 0 Å².